The third kappa shape index (κ3) is 2.72. The Morgan fingerprint density at radius 1 is 1.33 bits per heavy atom. The van der Waals surface area contributed by atoms with Crippen LogP contribution in [0.2, 0.25) is 0 Å². The number of nitrogens with one attached hydrogen (secondary N) is 1. The largest absolute Gasteiger partial charge is 0.435 e. The third-order valence-corrected chi connectivity index (χ3v) is 3.37. The highest BCUT2D eigenvalue weighted by Crippen LogP contribution is 2.26. The van der Waals surface area contributed by atoms with Crippen molar-refractivity contribution in [1.29, 1.82) is 0 Å². The maximum atomic E-state index is 12.5. The minimum atomic E-state index is -2.87. The summed E-state index contributed by atoms with van der Waals surface area (Å²) in [4.78, 5) is 14.1. The van der Waals surface area contributed by atoms with Crippen molar-refractivity contribution in [2.24, 2.45) is 0 Å². The standard InChI is InChI=1S/C14H13F2N3O2/c15-14(16)21-10-5-3-9(4-6-10)13(20)19-7-1-2-11-12(19)8-17-18-11/h3-6,8,14H,1-2,7H2,(H,17,18). The van der Waals surface area contributed by atoms with E-state index in [-0.39, 0.29) is 11.7 Å². The van der Waals surface area contributed by atoms with Gasteiger partial charge in [0, 0.05) is 12.1 Å². The van der Waals surface area contributed by atoms with Crippen LogP contribution in [0.15, 0.2) is 30.5 Å². The number of fused-ring (bicyclic) bond motifs is 1. The van der Waals surface area contributed by atoms with Gasteiger partial charge in [-0.25, -0.2) is 0 Å². The molecule has 3 rings (SSSR count). The van der Waals surface area contributed by atoms with Crippen LogP contribution in [0.1, 0.15) is 22.5 Å². The fourth-order valence-electron chi connectivity index (χ4n) is 2.40. The summed E-state index contributed by atoms with van der Waals surface area (Å²) in [6, 6.07) is 5.68. The van der Waals surface area contributed by atoms with Crippen molar-refractivity contribution in [1.82, 2.24) is 10.2 Å². The highest BCUT2D eigenvalue weighted by Gasteiger charge is 2.25. The average molecular weight is 293 g/mol. The summed E-state index contributed by atoms with van der Waals surface area (Å²) in [6.07, 6.45) is 3.34. The van der Waals surface area contributed by atoms with Gasteiger partial charge in [0.15, 0.2) is 0 Å². The van der Waals surface area contributed by atoms with Gasteiger partial charge in [-0.15, -0.1) is 0 Å². The smallest absolute Gasteiger partial charge is 0.387 e. The Hall–Kier alpha value is -2.44. The second-order valence-corrected chi connectivity index (χ2v) is 4.70. The number of halogens is 2. The first-order valence-electron chi connectivity index (χ1n) is 6.54. The molecule has 1 N–H and O–H groups in total. The van der Waals surface area contributed by atoms with Crippen LogP contribution in [0.3, 0.4) is 0 Å². The van der Waals surface area contributed by atoms with Gasteiger partial charge in [0.25, 0.3) is 5.91 Å². The number of ether oxygens (including phenoxy) is 1. The summed E-state index contributed by atoms with van der Waals surface area (Å²) < 4.78 is 28.5. The summed E-state index contributed by atoms with van der Waals surface area (Å²) in [6.45, 7) is -2.26. The molecular formula is C14H13F2N3O2. The summed E-state index contributed by atoms with van der Waals surface area (Å²) in [5.41, 5.74) is 2.14. The zero-order valence-electron chi connectivity index (χ0n) is 11.1. The normalized spacial score (nSPS) is 14.1. The number of anilines is 1. The summed E-state index contributed by atoms with van der Waals surface area (Å²) in [5, 5.41) is 6.83. The fraction of sp³-hybridized carbons (Fsp3) is 0.286. The molecule has 1 aliphatic heterocycles. The molecule has 2 aromatic rings. The van der Waals surface area contributed by atoms with E-state index in [0.29, 0.717) is 12.1 Å². The van der Waals surface area contributed by atoms with Crippen molar-refractivity contribution < 1.29 is 18.3 Å². The Bertz CT molecular complexity index is 640. The van der Waals surface area contributed by atoms with Gasteiger partial charge in [-0.3, -0.25) is 9.89 Å². The molecule has 0 aliphatic carbocycles. The van der Waals surface area contributed by atoms with Crippen LogP contribution in [-0.2, 0) is 6.42 Å². The predicted molar refractivity (Wildman–Crippen MR) is 71.7 cm³/mol. The van der Waals surface area contributed by atoms with Crippen molar-refractivity contribution in [3.8, 4) is 5.75 Å². The van der Waals surface area contributed by atoms with Gasteiger partial charge in [0.05, 0.1) is 17.6 Å². The molecule has 1 aromatic carbocycles. The van der Waals surface area contributed by atoms with Crippen molar-refractivity contribution in [2.75, 3.05) is 11.4 Å². The number of rotatable bonds is 3. The molecule has 7 heteroatoms. The van der Waals surface area contributed by atoms with E-state index in [1.54, 1.807) is 11.1 Å². The molecule has 0 saturated heterocycles. The summed E-state index contributed by atoms with van der Waals surface area (Å²) in [5.74, 6) is -0.148. The van der Waals surface area contributed by atoms with E-state index in [4.69, 9.17) is 0 Å². The van der Waals surface area contributed by atoms with E-state index in [1.807, 2.05) is 0 Å². The van der Waals surface area contributed by atoms with E-state index >= 15 is 0 Å². The molecule has 1 aromatic heterocycles. The fourth-order valence-corrected chi connectivity index (χ4v) is 2.40. The Labute approximate surface area is 119 Å². The number of H-pyrrole nitrogens is 1. The molecule has 1 aliphatic rings. The number of aryl methyl sites for hydroxylation is 1. The first-order valence-corrected chi connectivity index (χ1v) is 6.54. The van der Waals surface area contributed by atoms with Crippen LogP contribution in [0.4, 0.5) is 14.5 Å². The molecule has 5 nitrogen and oxygen atoms in total. The Kier molecular flexibility index (Phi) is 3.55. The number of amides is 1. The molecule has 0 bridgehead atoms. The lowest BCUT2D eigenvalue weighted by molar-refractivity contribution is -0.0498. The van der Waals surface area contributed by atoms with Crippen molar-refractivity contribution in [2.45, 2.75) is 19.5 Å². The van der Waals surface area contributed by atoms with Crippen LogP contribution in [0, 0.1) is 0 Å². The lowest BCUT2D eigenvalue weighted by atomic mass is 10.1. The van der Waals surface area contributed by atoms with Gasteiger partial charge < -0.3 is 9.64 Å². The topological polar surface area (TPSA) is 58.2 Å². The minimum absolute atomic E-state index is 0.0317. The van der Waals surface area contributed by atoms with E-state index in [2.05, 4.69) is 14.9 Å². The van der Waals surface area contributed by atoms with E-state index in [1.165, 1.54) is 24.3 Å². The SMILES string of the molecule is O=C(c1ccc(OC(F)F)cc1)N1CCCc2[nH]ncc21. The van der Waals surface area contributed by atoms with Gasteiger partial charge in [-0.1, -0.05) is 0 Å². The van der Waals surface area contributed by atoms with Gasteiger partial charge in [-0.05, 0) is 37.1 Å². The minimum Gasteiger partial charge on any atom is -0.435 e. The zero-order chi connectivity index (χ0) is 14.8. The molecule has 0 saturated carbocycles. The van der Waals surface area contributed by atoms with Crippen LogP contribution < -0.4 is 9.64 Å². The van der Waals surface area contributed by atoms with E-state index < -0.39 is 6.61 Å². The Balaban J connectivity index is 1.80. The zero-order valence-corrected chi connectivity index (χ0v) is 11.1. The summed E-state index contributed by atoms with van der Waals surface area (Å²) in [7, 11) is 0. The molecule has 0 atom stereocenters. The van der Waals surface area contributed by atoms with Gasteiger partial charge >= 0.3 is 6.61 Å². The molecule has 21 heavy (non-hydrogen) atoms. The van der Waals surface area contributed by atoms with E-state index in [9.17, 15) is 13.6 Å². The van der Waals surface area contributed by atoms with Crippen LogP contribution >= 0.6 is 0 Å². The third-order valence-electron chi connectivity index (χ3n) is 3.37. The van der Waals surface area contributed by atoms with Gasteiger partial charge in [0.2, 0.25) is 0 Å². The van der Waals surface area contributed by atoms with Crippen molar-refractivity contribution in [3.05, 3.63) is 41.7 Å². The number of carbonyl (C=O) groups excluding carboxylic acids is 1. The number of aromatic amines is 1. The van der Waals surface area contributed by atoms with Gasteiger partial charge in [-0.2, -0.15) is 13.9 Å². The number of hydrogen-bond donors (Lipinski definition) is 1. The van der Waals surface area contributed by atoms with E-state index in [0.717, 1.165) is 24.2 Å². The first-order chi connectivity index (χ1) is 10.1. The predicted octanol–water partition coefficient (Wildman–Crippen LogP) is 2.60. The number of alkyl halides is 2. The maximum absolute atomic E-state index is 12.5. The van der Waals surface area contributed by atoms with Crippen LogP contribution in [-0.4, -0.2) is 29.3 Å². The number of carbonyl (C=O) groups is 1. The Morgan fingerprint density at radius 3 is 2.81 bits per heavy atom. The van der Waals surface area contributed by atoms with Crippen LogP contribution in [0.25, 0.3) is 0 Å². The second kappa shape index (κ2) is 5.51. The van der Waals surface area contributed by atoms with Crippen molar-refractivity contribution in [3.63, 3.8) is 0 Å². The van der Waals surface area contributed by atoms with Crippen molar-refractivity contribution >= 4 is 11.6 Å². The molecular weight excluding hydrogens is 280 g/mol. The molecule has 0 radical (unpaired) electrons. The maximum Gasteiger partial charge on any atom is 0.387 e. The Morgan fingerprint density at radius 2 is 2.10 bits per heavy atom. The number of nitrogens with zero attached hydrogens (tertiary/aromatic N) is 2. The molecule has 1 amide bonds. The quantitative estimate of drug-likeness (QED) is 0.946. The number of hydrogen-bond acceptors (Lipinski definition) is 3. The molecule has 2 heterocycles. The monoisotopic (exact) mass is 293 g/mol. The first kappa shape index (κ1) is 13.5. The van der Waals surface area contributed by atoms with Gasteiger partial charge in [0.1, 0.15) is 5.75 Å². The second-order valence-electron chi connectivity index (χ2n) is 4.70. The lowest BCUT2D eigenvalue weighted by Gasteiger charge is -2.26. The number of aromatic nitrogens is 2. The highest BCUT2D eigenvalue weighted by molar-refractivity contribution is 6.06. The highest BCUT2D eigenvalue weighted by atomic mass is 19.3. The molecule has 0 spiro atoms. The number of benzene rings is 1. The summed E-state index contributed by atoms with van der Waals surface area (Å²) >= 11 is 0. The van der Waals surface area contributed by atoms with Crippen LogP contribution in [0.5, 0.6) is 5.75 Å². The lowest BCUT2D eigenvalue weighted by Crippen LogP contribution is -2.35. The molecule has 0 fully saturated rings. The average Bonchev–Trinajstić information content (AvgIpc) is 2.95. The molecule has 110 valence electrons. The molecule has 0 unspecified atom stereocenters.